The fourth-order valence-electron chi connectivity index (χ4n) is 3.08. The van der Waals surface area contributed by atoms with Crippen LogP contribution in [0.25, 0.3) is 0 Å². The summed E-state index contributed by atoms with van der Waals surface area (Å²) in [5.74, 6) is -0.998. The van der Waals surface area contributed by atoms with Crippen molar-refractivity contribution in [1.82, 2.24) is 0 Å². The predicted octanol–water partition coefficient (Wildman–Crippen LogP) is 2.49. The second kappa shape index (κ2) is 4.91. The Morgan fingerprint density at radius 1 is 0.957 bits per heavy atom. The summed E-state index contributed by atoms with van der Waals surface area (Å²) < 4.78 is 4.65. The molecule has 0 bridgehead atoms. The third kappa shape index (κ3) is 1.89. The molecule has 23 heavy (non-hydrogen) atoms. The van der Waals surface area contributed by atoms with Gasteiger partial charge in [0.25, 0.3) is 0 Å². The van der Waals surface area contributed by atoms with Gasteiger partial charge in [-0.15, -0.1) is 0 Å². The molecule has 0 spiro atoms. The molecule has 3 rings (SSSR count). The highest BCUT2D eigenvalue weighted by Gasteiger charge is 2.62. The number of imide groups is 1. The highest BCUT2D eigenvalue weighted by molar-refractivity contribution is 6.26. The van der Waals surface area contributed by atoms with Crippen molar-refractivity contribution in [1.29, 1.82) is 0 Å². The van der Waals surface area contributed by atoms with E-state index in [-0.39, 0.29) is 11.8 Å². The molecule has 118 valence electrons. The van der Waals surface area contributed by atoms with Crippen molar-refractivity contribution < 1.29 is 19.1 Å². The van der Waals surface area contributed by atoms with Crippen molar-refractivity contribution in [3.8, 4) is 0 Å². The normalized spacial score (nSPS) is 28.9. The van der Waals surface area contributed by atoms with Gasteiger partial charge in [0.15, 0.2) is 0 Å². The highest BCUT2D eigenvalue weighted by Crippen LogP contribution is 2.52. The number of nitrogens with zero attached hydrogens (tertiary/aromatic N) is 1. The predicted molar refractivity (Wildman–Crippen MR) is 84.8 cm³/mol. The molecule has 2 aliphatic rings. The molecule has 1 saturated heterocycles. The number of rotatable bonds is 2. The van der Waals surface area contributed by atoms with Gasteiger partial charge in [0.05, 0.1) is 29.2 Å². The molecule has 0 unspecified atom stereocenters. The summed E-state index contributed by atoms with van der Waals surface area (Å²) in [6.45, 7) is 3.55. The van der Waals surface area contributed by atoms with E-state index in [1.165, 1.54) is 12.0 Å². The molecule has 1 aromatic rings. The quantitative estimate of drug-likeness (QED) is 0.622. The lowest BCUT2D eigenvalue weighted by molar-refractivity contribution is -0.125. The first-order valence-corrected chi connectivity index (χ1v) is 7.29. The first-order chi connectivity index (χ1) is 10.8. The largest absolute Gasteiger partial charge is 0.465 e. The number of fused-ring (bicyclic) bond motifs is 1. The molecule has 1 heterocycles. The summed E-state index contributed by atoms with van der Waals surface area (Å²) in [6.07, 6.45) is 7.12. The van der Waals surface area contributed by atoms with E-state index in [2.05, 4.69) is 4.74 Å². The van der Waals surface area contributed by atoms with E-state index in [0.29, 0.717) is 11.3 Å². The summed E-state index contributed by atoms with van der Waals surface area (Å²) >= 11 is 0. The molecule has 0 radical (unpaired) electrons. The van der Waals surface area contributed by atoms with E-state index in [0.717, 1.165) is 0 Å². The first kappa shape index (κ1) is 15.2. The molecule has 0 N–H and O–H groups in total. The monoisotopic (exact) mass is 311 g/mol. The molecule has 1 fully saturated rings. The number of ether oxygens (including phenoxy) is 1. The number of methoxy groups -OCH3 is 1. The minimum Gasteiger partial charge on any atom is -0.465 e. The zero-order valence-corrected chi connectivity index (χ0v) is 13.2. The Bertz CT molecular complexity index is 726. The van der Waals surface area contributed by atoms with Crippen LogP contribution in [-0.2, 0) is 14.3 Å². The van der Waals surface area contributed by atoms with Crippen LogP contribution >= 0.6 is 0 Å². The zero-order chi connectivity index (χ0) is 16.8. The van der Waals surface area contributed by atoms with Crippen LogP contribution in [0.4, 0.5) is 5.69 Å². The molecule has 2 amide bonds. The topological polar surface area (TPSA) is 63.7 Å². The van der Waals surface area contributed by atoms with Gasteiger partial charge < -0.3 is 4.74 Å². The van der Waals surface area contributed by atoms with Gasteiger partial charge in [0, 0.05) is 0 Å². The van der Waals surface area contributed by atoms with Crippen LogP contribution < -0.4 is 4.90 Å². The van der Waals surface area contributed by atoms with E-state index in [4.69, 9.17) is 0 Å². The van der Waals surface area contributed by atoms with Gasteiger partial charge in [-0.25, -0.2) is 9.69 Å². The zero-order valence-electron chi connectivity index (χ0n) is 13.2. The highest BCUT2D eigenvalue weighted by atomic mass is 16.5. The number of benzene rings is 1. The fourth-order valence-corrected chi connectivity index (χ4v) is 3.08. The van der Waals surface area contributed by atoms with Gasteiger partial charge >= 0.3 is 5.97 Å². The van der Waals surface area contributed by atoms with Gasteiger partial charge in [0.1, 0.15) is 0 Å². The maximum absolute atomic E-state index is 12.9. The Morgan fingerprint density at radius 3 is 1.87 bits per heavy atom. The van der Waals surface area contributed by atoms with E-state index < -0.39 is 16.8 Å². The Balaban J connectivity index is 2.03. The summed E-state index contributed by atoms with van der Waals surface area (Å²) in [5, 5.41) is 0. The first-order valence-electron chi connectivity index (χ1n) is 7.29. The van der Waals surface area contributed by atoms with Gasteiger partial charge in [0.2, 0.25) is 11.8 Å². The van der Waals surface area contributed by atoms with Crippen molar-refractivity contribution in [2.24, 2.45) is 10.8 Å². The second-order valence-corrected chi connectivity index (χ2v) is 6.11. The summed E-state index contributed by atoms with van der Waals surface area (Å²) in [5.41, 5.74) is -0.990. The molecule has 0 saturated carbocycles. The Hall–Kier alpha value is -2.69. The van der Waals surface area contributed by atoms with Gasteiger partial charge in [-0.2, -0.15) is 0 Å². The Morgan fingerprint density at radius 2 is 1.43 bits per heavy atom. The lowest BCUT2D eigenvalue weighted by Crippen LogP contribution is -2.38. The van der Waals surface area contributed by atoms with Crippen LogP contribution in [-0.4, -0.2) is 24.9 Å². The molecule has 0 aromatic heterocycles. The number of amides is 2. The third-order valence-electron chi connectivity index (χ3n) is 4.89. The number of esters is 1. The molecule has 5 heteroatoms. The molecular weight excluding hydrogens is 294 g/mol. The smallest absolute Gasteiger partial charge is 0.337 e. The number of allylic oxidation sites excluding steroid dienone is 2. The number of carbonyl (C=O) groups is 3. The van der Waals surface area contributed by atoms with Gasteiger partial charge in [-0.05, 0) is 38.1 Å². The number of hydrogen-bond donors (Lipinski definition) is 0. The van der Waals surface area contributed by atoms with Crippen LogP contribution in [0, 0.1) is 10.8 Å². The molecule has 2 atom stereocenters. The van der Waals surface area contributed by atoms with Gasteiger partial charge in [-0.3, -0.25) is 9.59 Å². The summed E-state index contributed by atoms with van der Waals surface area (Å²) in [7, 11) is 1.30. The van der Waals surface area contributed by atoms with Gasteiger partial charge in [-0.1, -0.05) is 24.3 Å². The third-order valence-corrected chi connectivity index (χ3v) is 4.89. The molecule has 1 aliphatic heterocycles. The van der Waals surface area contributed by atoms with Crippen molar-refractivity contribution in [2.75, 3.05) is 12.0 Å². The van der Waals surface area contributed by atoms with E-state index in [9.17, 15) is 14.4 Å². The lowest BCUT2D eigenvalue weighted by Gasteiger charge is -2.32. The van der Waals surface area contributed by atoms with Crippen LogP contribution in [0.3, 0.4) is 0 Å². The SMILES string of the molecule is COC(=O)c1ccc(N2C(=O)[C@]3(C)C=CC=C[C@@]3(C)C2=O)cc1. The minimum absolute atomic E-state index is 0.267. The number of carbonyl (C=O) groups excluding carboxylic acids is 3. The number of anilines is 1. The van der Waals surface area contributed by atoms with Crippen LogP contribution in [0.5, 0.6) is 0 Å². The van der Waals surface area contributed by atoms with Crippen molar-refractivity contribution >= 4 is 23.5 Å². The minimum atomic E-state index is -0.903. The maximum atomic E-state index is 12.9. The summed E-state index contributed by atoms with van der Waals surface area (Å²) in [4.78, 5) is 38.5. The molecule has 1 aromatic carbocycles. The lowest BCUT2D eigenvalue weighted by atomic mass is 9.65. The Labute approximate surface area is 134 Å². The maximum Gasteiger partial charge on any atom is 0.337 e. The summed E-state index contributed by atoms with van der Waals surface area (Å²) in [6, 6.07) is 6.25. The number of hydrogen-bond acceptors (Lipinski definition) is 4. The van der Waals surface area contributed by atoms with E-state index in [1.807, 2.05) is 0 Å². The fraction of sp³-hybridized carbons (Fsp3) is 0.278. The van der Waals surface area contributed by atoms with E-state index in [1.54, 1.807) is 62.4 Å². The van der Waals surface area contributed by atoms with Crippen LogP contribution in [0.15, 0.2) is 48.6 Å². The Kier molecular flexibility index (Phi) is 3.25. The molecule has 1 aliphatic carbocycles. The second-order valence-electron chi connectivity index (χ2n) is 6.11. The average molecular weight is 311 g/mol. The van der Waals surface area contributed by atoms with E-state index >= 15 is 0 Å². The van der Waals surface area contributed by atoms with Crippen LogP contribution in [0.2, 0.25) is 0 Å². The molecule has 5 nitrogen and oxygen atoms in total. The van der Waals surface area contributed by atoms with Crippen molar-refractivity contribution in [2.45, 2.75) is 13.8 Å². The average Bonchev–Trinajstić information content (AvgIpc) is 2.72. The van der Waals surface area contributed by atoms with Crippen molar-refractivity contribution in [3.05, 3.63) is 54.1 Å². The van der Waals surface area contributed by atoms with Crippen LogP contribution in [0.1, 0.15) is 24.2 Å². The molecular formula is C18H17NO4. The standard InChI is InChI=1S/C18H17NO4/c1-17-10-4-5-11-18(17,2)16(22)19(15(17)21)13-8-6-12(7-9-13)14(20)23-3/h4-11H,1-3H3/t17-,18-/m0/s1. The van der Waals surface area contributed by atoms with Crippen molar-refractivity contribution in [3.63, 3.8) is 0 Å².